The van der Waals surface area contributed by atoms with Gasteiger partial charge in [-0.05, 0) is 26.0 Å². The maximum absolute atomic E-state index is 14.3. The molecule has 0 aliphatic carbocycles. The smallest absolute Gasteiger partial charge is 0.325 e. The molecule has 142 valence electrons. The number of nitrogens with zero attached hydrogens (tertiary/aromatic N) is 4. The number of benzene rings is 1. The Morgan fingerprint density at radius 2 is 2.07 bits per heavy atom. The number of hydrogen-bond donors (Lipinski definition) is 0. The van der Waals surface area contributed by atoms with E-state index in [1.54, 1.807) is 0 Å². The van der Waals surface area contributed by atoms with E-state index in [4.69, 9.17) is 0 Å². The first-order valence-corrected chi connectivity index (χ1v) is 8.81. The van der Waals surface area contributed by atoms with Crippen LogP contribution in [0.4, 0.5) is 8.78 Å². The van der Waals surface area contributed by atoms with Gasteiger partial charge in [-0.1, -0.05) is 11.3 Å². The number of fused-ring (bicyclic) bond motifs is 1. The molecule has 0 saturated carbocycles. The molecule has 2 aromatic heterocycles. The summed E-state index contributed by atoms with van der Waals surface area (Å²) in [5.41, 5.74) is 0.231. The van der Waals surface area contributed by atoms with Gasteiger partial charge < -0.3 is 9.30 Å². The van der Waals surface area contributed by atoms with Crippen molar-refractivity contribution in [2.45, 2.75) is 26.4 Å². The topological polar surface area (TPSA) is 78.5 Å². The van der Waals surface area contributed by atoms with E-state index in [-0.39, 0.29) is 33.3 Å². The normalized spacial score (nSPS) is 12.1. The number of hydrogen-bond acceptors (Lipinski definition) is 5. The van der Waals surface area contributed by atoms with Gasteiger partial charge >= 0.3 is 5.97 Å². The Morgan fingerprint density at radius 3 is 2.74 bits per heavy atom. The van der Waals surface area contributed by atoms with Crippen molar-refractivity contribution in [3.05, 3.63) is 46.5 Å². The summed E-state index contributed by atoms with van der Waals surface area (Å²) >= 11 is 0.903. The first-order chi connectivity index (χ1) is 12.8. The zero-order chi connectivity index (χ0) is 19.7. The van der Waals surface area contributed by atoms with E-state index in [0.717, 1.165) is 17.4 Å². The third-order valence-electron chi connectivity index (χ3n) is 3.79. The van der Waals surface area contributed by atoms with Gasteiger partial charge in [0.1, 0.15) is 18.1 Å². The van der Waals surface area contributed by atoms with Crippen molar-refractivity contribution in [3.63, 3.8) is 0 Å². The minimum atomic E-state index is -0.855. The molecule has 3 rings (SSSR count). The Labute approximate surface area is 156 Å². The van der Waals surface area contributed by atoms with E-state index >= 15 is 0 Å². The molecule has 10 heteroatoms. The van der Waals surface area contributed by atoms with Gasteiger partial charge in [0.05, 0.1) is 17.3 Å². The molecule has 0 saturated heterocycles. The fourth-order valence-corrected chi connectivity index (χ4v) is 3.66. The van der Waals surface area contributed by atoms with Crippen LogP contribution in [-0.4, -0.2) is 33.3 Å². The summed E-state index contributed by atoms with van der Waals surface area (Å²) in [6.45, 7) is 3.35. The summed E-state index contributed by atoms with van der Waals surface area (Å²) in [6, 6.07) is 3.29. The van der Waals surface area contributed by atoms with Crippen molar-refractivity contribution in [3.8, 4) is 0 Å². The number of rotatable bonds is 4. The molecule has 1 amide bonds. The van der Waals surface area contributed by atoms with Crippen LogP contribution in [0.5, 0.6) is 0 Å². The highest BCUT2D eigenvalue weighted by Crippen LogP contribution is 2.22. The van der Waals surface area contributed by atoms with Crippen molar-refractivity contribution < 1.29 is 23.1 Å². The summed E-state index contributed by atoms with van der Waals surface area (Å²) in [6.07, 6.45) is 1.48. The van der Waals surface area contributed by atoms with Crippen LogP contribution in [0, 0.1) is 11.6 Å². The number of esters is 1. The van der Waals surface area contributed by atoms with Crippen molar-refractivity contribution in [2.75, 3.05) is 7.11 Å². The predicted molar refractivity (Wildman–Crippen MR) is 94.3 cm³/mol. The summed E-state index contributed by atoms with van der Waals surface area (Å²) in [5.74, 6) is -2.87. The van der Waals surface area contributed by atoms with Gasteiger partial charge in [-0.3, -0.25) is 14.3 Å². The third-order valence-corrected chi connectivity index (χ3v) is 4.81. The number of methoxy groups -OCH3 is 1. The zero-order valence-corrected chi connectivity index (χ0v) is 15.6. The summed E-state index contributed by atoms with van der Waals surface area (Å²) in [4.78, 5) is 28.4. The molecule has 27 heavy (non-hydrogen) atoms. The van der Waals surface area contributed by atoms with Crippen LogP contribution in [0.1, 0.15) is 30.4 Å². The monoisotopic (exact) mass is 394 g/mol. The van der Waals surface area contributed by atoms with Gasteiger partial charge in [-0.15, -0.1) is 0 Å². The maximum Gasteiger partial charge on any atom is 0.325 e. The number of aromatic nitrogens is 3. The minimum absolute atomic E-state index is 0.0179. The molecule has 0 spiro atoms. The molecule has 0 radical (unpaired) electrons. The molecule has 0 unspecified atom stereocenters. The number of halogens is 2. The molecule has 2 heterocycles. The highest BCUT2D eigenvalue weighted by atomic mass is 32.1. The highest BCUT2D eigenvalue weighted by molar-refractivity contribution is 7.16. The highest BCUT2D eigenvalue weighted by Gasteiger charge is 2.18. The lowest BCUT2D eigenvalue weighted by Gasteiger charge is -2.08. The van der Waals surface area contributed by atoms with Crippen molar-refractivity contribution in [1.82, 2.24) is 14.3 Å². The van der Waals surface area contributed by atoms with E-state index in [1.165, 1.54) is 28.6 Å². The molecule has 0 atom stereocenters. The zero-order valence-electron chi connectivity index (χ0n) is 14.8. The molecular weight excluding hydrogens is 378 g/mol. The molecule has 0 bridgehead atoms. The molecule has 3 aromatic rings. The number of carbonyl (C=O) groups excluding carboxylic acids is 2. The van der Waals surface area contributed by atoms with Crippen LogP contribution in [-0.2, 0) is 16.1 Å². The van der Waals surface area contributed by atoms with E-state index in [2.05, 4.69) is 14.8 Å². The van der Waals surface area contributed by atoms with Crippen LogP contribution >= 0.6 is 11.3 Å². The lowest BCUT2D eigenvalue weighted by atomic mass is 10.3. The lowest BCUT2D eigenvalue weighted by molar-refractivity contribution is -0.141. The fraction of sp³-hybridized carbons (Fsp3) is 0.294. The van der Waals surface area contributed by atoms with Crippen molar-refractivity contribution in [2.24, 2.45) is 4.99 Å². The predicted octanol–water partition coefficient (Wildman–Crippen LogP) is 2.67. The quantitative estimate of drug-likeness (QED) is 0.638. The molecule has 0 fully saturated rings. The van der Waals surface area contributed by atoms with Gasteiger partial charge in [-0.2, -0.15) is 10.1 Å². The minimum Gasteiger partial charge on any atom is -0.468 e. The van der Waals surface area contributed by atoms with Gasteiger partial charge in [0.2, 0.25) is 0 Å². The van der Waals surface area contributed by atoms with Crippen LogP contribution < -0.4 is 4.80 Å². The van der Waals surface area contributed by atoms with Crippen LogP contribution in [0.25, 0.3) is 10.2 Å². The second-order valence-corrected chi connectivity index (χ2v) is 6.96. The van der Waals surface area contributed by atoms with E-state index in [9.17, 15) is 18.4 Å². The van der Waals surface area contributed by atoms with E-state index < -0.39 is 23.5 Å². The Hall–Kier alpha value is -2.88. The Balaban J connectivity index is 2.20. The first-order valence-electron chi connectivity index (χ1n) is 7.99. The van der Waals surface area contributed by atoms with Gasteiger partial charge in [-0.25, -0.2) is 8.78 Å². The van der Waals surface area contributed by atoms with E-state index in [1.807, 2.05) is 13.8 Å². The average Bonchev–Trinajstić information content (AvgIpc) is 3.20. The van der Waals surface area contributed by atoms with Gasteiger partial charge in [0.25, 0.3) is 5.91 Å². The maximum atomic E-state index is 14.3. The summed E-state index contributed by atoms with van der Waals surface area (Å²) in [5, 5.41) is 4.08. The standard InChI is InChI=1S/C17H16F2N4O3S/c1-9(2)23-12(4-5-20-23)16(25)21-17-22(8-14(24)26-3)15-11(19)6-10(18)7-13(15)27-17/h4-7,9H,8H2,1-3H3. The first kappa shape index (κ1) is 18.9. The molecule has 7 nitrogen and oxygen atoms in total. The Morgan fingerprint density at radius 1 is 1.33 bits per heavy atom. The van der Waals surface area contributed by atoms with Crippen molar-refractivity contribution >= 4 is 33.4 Å². The molecule has 0 aliphatic heterocycles. The average molecular weight is 394 g/mol. The Kier molecular flexibility index (Phi) is 5.17. The fourth-order valence-electron chi connectivity index (χ4n) is 2.59. The van der Waals surface area contributed by atoms with Gasteiger partial charge in [0.15, 0.2) is 10.6 Å². The number of thiazole rings is 1. The number of ether oxygens (including phenoxy) is 1. The molecule has 1 aromatic carbocycles. The number of carbonyl (C=O) groups is 2. The SMILES string of the molecule is COC(=O)Cn1c(=NC(=O)c2ccnn2C(C)C)sc2cc(F)cc(F)c21. The van der Waals surface area contributed by atoms with E-state index in [0.29, 0.717) is 6.07 Å². The second kappa shape index (κ2) is 7.39. The molecule has 0 aliphatic rings. The summed E-state index contributed by atoms with van der Waals surface area (Å²) in [7, 11) is 1.19. The van der Waals surface area contributed by atoms with Crippen LogP contribution in [0.2, 0.25) is 0 Å². The van der Waals surface area contributed by atoms with Crippen LogP contribution in [0.15, 0.2) is 29.4 Å². The van der Waals surface area contributed by atoms with Crippen molar-refractivity contribution in [1.29, 1.82) is 0 Å². The Bertz CT molecular complexity index is 1100. The molecule has 0 N–H and O–H groups in total. The van der Waals surface area contributed by atoms with Crippen LogP contribution in [0.3, 0.4) is 0 Å². The third kappa shape index (κ3) is 3.65. The second-order valence-electron chi connectivity index (χ2n) is 5.95. The number of amides is 1. The summed E-state index contributed by atoms with van der Waals surface area (Å²) < 4.78 is 35.4. The largest absolute Gasteiger partial charge is 0.468 e. The van der Waals surface area contributed by atoms with Gasteiger partial charge in [0, 0.05) is 18.3 Å². The lowest BCUT2D eigenvalue weighted by Crippen LogP contribution is -2.23. The molecular formula is C17H16F2N4O3S.